The van der Waals surface area contributed by atoms with Crippen molar-refractivity contribution in [2.75, 3.05) is 19.9 Å². The van der Waals surface area contributed by atoms with Crippen molar-refractivity contribution in [1.29, 1.82) is 0 Å². The monoisotopic (exact) mass is 364 g/mol. The van der Waals surface area contributed by atoms with E-state index in [0.717, 1.165) is 19.4 Å². The number of hydrogen-bond acceptors (Lipinski definition) is 4. The van der Waals surface area contributed by atoms with Crippen LogP contribution in [0.15, 0.2) is 0 Å². The molecule has 1 atom stereocenters. The molecular weight excluding hydrogens is 323 g/mol. The van der Waals surface area contributed by atoms with E-state index in [2.05, 4.69) is 13.8 Å². The third-order valence-electron chi connectivity index (χ3n) is 3.72. The third kappa shape index (κ3) is 18.4. The van der Waals surface area contributed by atoms with E-state index in [1.807, 2.05) is 13.8 Å². The van der Waals surface area contributed by atoms with E-state index in [1.54, 1.807) is 6.66 Å². The quantitative estimate of drug-likeness (QED) is 0.216. The molecule has 0 N–H and O–H groups in total. The normalized spacial score (nSPS) is 14.5. The van der Waals surface area contributed by atoms with Crippen LogP contribution in [0, 0.1) is 0 Å². The van der Waals surface area contributed by atoms with E-state index in [0.29, 0.717) is 12.7 Å². The number of rotatable bonds is 17. The molecule has 0 spiro atoms. The van der Waals surface area contributed by atoms with Crippen molar-refractivity contribution in [2.45, 2.75) is 104 Å². The molecule has 0 aliphatic rings. The highest BCUT2D eigenvalue weighted by Crippen LogP contribution is 2.45. The van der Waals surface area contributed by atoms with Crippen LogP contribution in [0.25, 0.3) is 0 Å². The lowest BCUT2D eigenvalue weighted by atomic mass is 10.1. The van der Waals surface area contributed by atoms with Crippen molar-refractivity contribution >= 4 is 7.60 Å². The Hall–Kier alpha value is 0.110. The summed E-state index contributed by atoms with van der Waals surface area (Å²) < 4.78 is 28.1. The molecule has 0 radical (unpaired) electrons. The summed E-state index contributed by atoms with van der Waals surface area (Å²) in [5.41, 5.74) is 0. The van der Waals surface area contributed by atoms with Crippen LogP contribution in [0.3, 0.4) is 0 Å². The first-order valence-electron chi connectivity index (χ1n) is 9.85. The number of unbranched alkanes of at least 4 members (excludes halogenated alkanes) is 9. The Balaban J connectivity index is 3.22. The van der Waals surface area contributed by atoms with Gasteiger partial charge in [0.15, 0.2) is 0 Å². The molecule has 0 saturated carbocycles. The van der Waals surface area contributed by atoms with Crippen molar-refractivity contribution in [2.24, 2.45) is 0 Å². The third-order valence-corrected chi connectivity index (χ3v) is 5.17. The van der Waals surface area contributed by atoms with E-state index in [1.165, 1.54) is 51.4 Å². The van der Waals surface area contributed by atoms with E-state index in [4.69, 9.17) is 13.8 Å². The first-order valence-corrected chi connectivity index (χ1v) is 11.8. The van der Waals surface area contributed by atoms with Crippen LogP contribution < -0.4 is 0 Å². The Morgan fingerprint density at radius 1 is 0.667 bits per heavy atom. The standard InChI is InChI=1S/C19H41O4P/c1-18(2)21-16-14-12-10-8-6-7-9-11-13-15-17-22-24(5,20)23-19(3)4/h18-19H,6-17H2,1-5H3. The van der Waals surface area contributed by atoms with Gasteiger partial charge in [-0.05, 0) is 40.5 Å². The molecule has 0 aliphatic carbocycles. The Kier molecular flexibility index (Phi) is 15.4. The SMILES string of the molecule is CC(C)OCCCCCCCCCCCCOP(C)(=O)OC(C)C. The van der Waals surface area contributed by atoms with Gasteiger partial charge < -0.3 is 13.8 Å². The predicted molar refractivity (Wildman–Crippen MR) is 103 cm³/mol. The molecule has 0 rings (SSSR count). The molecule has 5 heteroatoms. The smallest absolute Gasteiger partial charge is 0.327 e. The van der Waals surface area contributed by atoms with Crippen LogP contribution >= 0.6 is 7.60 Å². The average Bonchev–Trinajstić information content (AvgIpc) is 2.45. The highest BCUT2D eigenvalue weighted by Gasteiger charge is 2.17. The average molecular weight is 365 g/mol. The van der Waals surface area contributed by atoms with E-state index in [9.17, 15) is 4.57 Å². The zero-order chi connectivity index (χ0) is 18.3. The summed E-state index contributed by atoms with van der Waals surface area (Å²) in [4.78, 5) is 0. The van der Waals surface area contributed by atoms with Crippen LogP contribution in [0.1, 0.15) is 91.9 Å². The molecule has 146 valence electrons. The molecule has 0 fully saturated rings. The zero-order valence-corrected chi connectivity index (χ0v) is 17.6. The van der Waals surface area contributed by atoms with Crippen LogP contribution in [-0.2, 0) is 18.3 Å². The molecule has 0 aromatic heterocycles. The molecule has 0 saturated heterocycles. The lowest BCUT2D eigenvalue weighted by molar-refractivity contribution is 0.0756. The summed E-state index contributed by atoms with van der Waals surface area (Å²) in [5.74, 6) is 0. The fraction of sp³-hybridized carbons (Fsp3) is 1.00. The summed E-state index contributed by atoms with van der Waals surface area (Å²) in [6.07, 6.45) is 12.8. The minimum absolute atomic E-state index is 0.0523. The molecule has 1 unspecified atom stereocenters. The van der Waals surface area contributed by atoms with Crippen LogP contribution in [0.2, 0.25) is 0 Å². The largest absolute Gasteiger partial charge is 0.379 e. The van der Waals surface area contributed by atoms with Gasteiger partial charge in [-0.3, -0.25) is 4.57 Å². The Morgan fingerprint density at radius 2 is 1.08 bits per heavy atom. The van der Waals surface area contributed by atoms with E-state index >= 15 is 0 Å². The van der Waals surface area contributed by atoms with Crippen molar-refractivity contribution in [3.05, 3.63) is 0 Å². The van der Waals surface area contributed by atoms with Gasteiger partial charge in [0, 0.05) is 13.3 Å². The number of ether oxygens (including phenoxy) is 1. The van der Waals surface area contributed by atoms with Gasteiger partial charge in [0.05, 0.1) is 18.8 Å². The molecule has 0 aromatic carbocycles. The van der Waals surface area contributed by atoms with Crippen LogP contribution in [0.5, 0.6) is 0 Å². The summed E-state index contributed by atoms with van der Waals surface area (Å²) >= 11 is 0. The van der Waals surface area contributed by atoms with Gasteiger partial charge >= 0.3 is 7.60 Å². The summed E-state index contributed by atoms with van der Waals surface area (Å²) in [7, 11) is -2.85. The van der Waals surface area contributed by atoms with Crippen molar-refractivity contribution < 1.29 is 18.3 Å². The summed E-state index contributed by atoms with van der Waals surface area (Å²) in [6.45, 7) is 10.9. The topological polar surface area (TPSA) is 44.8 Å². The molecule has 0 aromatic rings. The summed E-state index contributed by atoms with van der Waals surface area (Å²) in [5, 5.41) is 0. The molecule has 0 aliphatic heterocycles. The second-order valence-electron chi connectivity index (χ2n) is 7.21. The lowest BCUT2D eigenvalue weighted by Crippen LogP contribution is -2.03. The van der Waals surface area contributed by atoms with Crippen molar-refractivity contribution in [1.82, 2.24) is 0 Å². The highest BCUT2D eigenvalue weighted by molar-refractivity contribution is 7.52. The van der Waals surface area contributed by atoms with Crippen molar-refractivity contribution in [3.63, 3.8) is 0 Å². The Morgan fingerprint density at radius 3 is 1.50 bits per heavy atom. The second-order valence-corrected chi connectivity index (χ2v) is 9.23. The highest BCUT2D eigenvalue weighted by atomic mass is 31.2. The summed E-state index contributed by atoms with van der Waals surface area (Å²) in [6, 6.07) is 0. The fourth-order valence-corrected chi connectivity index (χ4v) is 3.87. The van der Waals surface area contributed by atoms with E-state index in [-0.39, 0.29) is 6.10 Å². The molecule has 0 amide bonds. The zero-order valence-electron chi connectivity index (χ0n) is 16.7. The second kappa shape index (κ2) is 15.4. The molecular formula is C19H41O4P. The fourth-order valence-electron chi connectivity index (χ4n) is 2.58. The predicted octanol–water partition coefficient (Wildman–Crippen LogP) is 6.58. The Labute approximate surface area is 150 Å². The van der Waals surface area contributed by atoms with Gasteiger partial charge in [-0.2, -0.15) is 0 Å². The first kappa shape index (κ1) is 24.1. The molecule has 4 nitrogen and oxygen atoms in total. The number of hydrogen-bond donors (Lipinski definition) is 0. The van der Waals surface area contributed by atoms with Gasteiger partial charge in [0.2, 0.25) is 0 Å². The van der Waals surface area contributed by atoms with Crippen LogP contribution in [0.4, 0.5) is 0 Å². The molecule has 24 heavy (non-hydrogen) atoms. The molecule has 0 bridgehead atoms. The maximum absolute atomic E-state index is 11.9. The first-order chi connectivity index (χ1) is 11.3. The van der Waals surface area contributed by atoms with Gasteiger partial charge in [-0.25, -0.2) is 0 Å². The minimum atomic E-state index is -2.85. The van der Waals surface area contributed by atoms with E-state index < -0.39 is 7.60 Å². The minimum Gasteiger partial charge on any atom is -0.379 e. The maximum atomic E-state index is 11.9. The maximum Gasteiger partial charge on any atom is 0.327 e. The van der Waals surface area contributed by atoms with Gasteiger partial charge in [0.25, 0.3) is 0 Å². The van der Waals surface area contributed by atoms with Gasteiger partial charge in [-0.1, -0.05) is 51.4 Å². The lowest BCUT2D eigenvalue weighted by Gasteiger charge is -2.16. The van der Waals surface area contributed by atoms with Crippen molar-refractivity contribution in [3.8, 4) is 0 Å². The van der Waals surface area contributed by atoms with Crippen LogP contribution in [-0.4, -0.2) is 32.1 Å². The van der Waals surface area contributed by atoms with Gasteiger partial charge in [-0.15, -0.1) is 0 Å². The van der Waals surface area contributed by atoms with Gasteiger partial charge in [0.1, 0.15) is 0 Å². The molecule has 0 heterocycles. The Bertz CT molecular complexity index is 318.